The third kappa shape index (κ3) is 5.16. The summed E-state index contributed by atoms with van der Waals surface area (Å²) in [5, 5.41) is 3.27. The highest BCUT2D eigenvalue weighted by Gasteiger charge is 2.18. The molecule has 0 aliphatic rings. The highest BCUT2D eigenvalue weighted by molar-refractivity contribution is 5.48. The van der Waals surface area contributed by atoms with E-state index in [-0.39, 0.29) is 11.5 Å². The Labute approximate surface area is 128 Å². The minimum atomic E-state index is -0.188. The van der Waals surface area contributed by atoms with Crippen LogP contribution in [0.1, 0.15) is 58.3 Å². The molecular weight excluding hydrogens is 266 g/mol. The summed E-state index contributed by atoms with van der Waals surface area (Å²) in [5.41, 5.74) is 0.767. The molecule has 0 amide bonds. The molecule has 5 heteroatoms. The van der Waals surface area contributed by atoms with Gasteiger partial charge in [0.05, 0.1) is 17.8 Å². The van der Waals surface area contributed by atoms with Crippen LogP contribution in [-0.2, 0) is 4.74 Å². The van der Waals surface area contributed by atoms with E-state index in [4.69, 9.17) is 9.47 Å². The lowest BCUT2D eigenvalue weighted by Crippen LogP contribution is -2.25. The summed E-state index contributed by atoms with van der Waals surface area (Å²) in [6, 6.07) is 0. The molecule has 0 atom stereocenters. The van der Waals surface area contributed by atoms with Crippen molar-refractivity contribution in [1.29, 1.82) is 0 Å². The third-order valence-electron chi connectivity index (χ3n) is 3.47. The van der Waals surface area contributed by atoms with E-state index in [9.17, 15) is 0 Å². The van der Waals surface area contributed by atoms with Crippen molar-refractivity contribution in [3.63, 3.8) is 0 Å². The molecular formula is C16H29N3O2. The van der Waals surface area contributed by atoms with Gasteiger partial charge in [0.2, 0.25) is 5.88 Å². The fraction of sp³-hybridized carbons (Fsp3) is 0.750. The monoisotopic (exact) mass is 295 g/mol. The van der Waals surface area contributed by atoms with E-state index in [2.05, 4.69) is 36.1 Å². The van der Waals surface area contributed by atoms with E-state index in [1.165, 1.54) is 0 Å². The highest BCUT2D eigenvalue weighted by Crippen LogP contribution is 2.25. The van der Waals surface area contributed by atoms with Gasteiger partial charge in [-0.3, -0.25) is 0 Å². The Kier molecular flexibility index (Phi) is 6.40. The minimum absolute atomic E-state index is 0.188. The molecule has 0 bridgehead atoms. The second-order valence-corrected chi connectivity index (χ2v) is 6.11. The van der Waals surface area contributed by atoms with Crippen molar-refractivity contribution in [2.75, 3.05) is 25.6 Å². The first-order chi connectivity index (χ1) is 9.80. The number of nitrogens with zero attached hydrogens (tertiary/aromatic N) is 2. The Morgan fingerprint density at radius 1 is 1.24 bits per heavy atom. The van der Waals surface area contributed by atoms with E-state index in [1.807, 2.05) is 20.8 Å². The summed E-state index contributed by atoms with van der Waals surface area (Å²) >= 11 is 0. The maximum atomic E-state index is 5.88. The van der Waals surface area contributed by atoms with E-state index in [1.54, 1.807) is 7.11 Å². The van der Waals surface area contributed by atoms with Crippen LogP contribution in [0.25, 0.3) is 0 Å². The minimum Gasteiger partial charge on any atom is -0.477 e. The summed E-state index contributed by atoms with van der Waals surface area (Å²) in [4.78, 5) is 9.11. The van der Waals surface area contributed by atoms with Gasteiger partial charge in [-0.25, -0.2) is 4.98 Å². The fourth-order valence-electron chi connectivity index (χ4n) is 1.75. The second kappa shape index (κ2) is 7.59. The number of anilines is 1. The van der Waals surface area contributed by atoms with Crippen LogP contribution in [0.4, 0.5) is 5.82 Å². The van der Waals surface area contributed by atoms with E-state index in [0.29, 0.717) is 12.5 Å². The lowest BCUT2D eigenvalue weighted by Gasteiger charge is -2.23. The van der Waals surface area contributed by atoms with Crippen LogP contribution in [0.3, 0.4) is 0 Å². The molecule has 0 unspecified atom stereocenters. The summed E-state index contributed by atoms with van der Waals surface area (Å²) in [7, 11) is 1.72. The van der Waals surface area contributed by atoms with Crippen LogP contribution in [-0.4, -0.2) is 35.8 Å². The predicted octanol–water partition coefficient (Wildman–Crippen LogP) is 3.53. The molecule has 0 saturated heterocycles. The number of nitrogens with one attached hydrogen (secondary N) is 1. The van der Waals surface area contributed by atoms with Gasteiger partial charge in [0.1, 0.15) is 11.6 Å². The molecule has 1 N–H and O–H groups in total. The maximum Gasteiger partial charge on any atom is 0.221 e. The molecule has 0 aliphatic heterocycles. The number of ether oxygens (including phenoxy) is 2. The van der Waals surface area contributed by atoms with Gasteiger partial charge >= 0.3 is 0 Å². The van der Waals surface area contributed by atoms with Crippen LogP contribution in [0.5, 0.6) is 5.88 Å². The van der Waals surface area contributed by atoms with Crippen molar-refractivity contribution in [2.24, 2.45) is 0 Å². The van der Waals surface area contributed by atoms with Crippen LogP contribution < -0.4 is 10.1 Å². The first-order valence-corrected chi connectivity index (χ1v) is 7.61. The van der Waals surface area contributed by atoms with Gasteiger partial charge in [-0.15, -0.1) is 0 Å². The van der Waals surface area contributed by atoms with Crippen LogP contribution >= 0.6 is 0 Å². The van der Waals surface area contributed by atoms with Gasteiger partial charge in [0.25, 0.3) is 0 Å². The lowest BCUT2D eigenvalue weighted by molar-refractivity contribution is 0.00499. The molecule has 1 heterocycles. The van der Waals surface area contributed by atoms with Crippen molar-refractivity contribution in [3.05, 3.63) is 11.4 Å². The van der Waals surface area contributed by atoms with Crippen LogP contribution in [0.15, 0.2) is 0 Å². The van der Waals surface area contributed by atoms with Gasteiger partial charge in [-0.2, -0.15) is 4.98 Å². The molecule has 0 radical (unpaired) electrons. The number of aromatic nitrogens is 2. The lowest BCUT2D eigenvalue weighted by atomic mass is 10.1. The Hall–Kier alpha value is -1.36. The molecule has 21 heavy (non-hydrogen) atoms. The largest absolute Gasteiger partial charge is 0.477 e. The number of methoxy groups -OCH3 is 1. The molecule has 1 rings (SSSR count). The Bertz CT molecular complexity index is 459. The van der Waals surface area contributed by atoms with Crippen molar-refractivity contribution in [3.8, 4) is 5.88 Å². The standard InChI is InChI=1S/C16H29N3O2/c1-8-17-14-12(4)15(19-13(18-14)11(2)3)21-10-9-16(5,6)20-7/h11H,8-10H2,1-7H3,(H,17,18,19). The van der Waals surface area contributed by atoms with Crippen LogP contribution in [0, 0.1) is 6.92 Å². The first-order valence-electron chi connectivity index (χ1n) is 7.61. The van der Waals surface area contributed by atoms with Crippen molar-refractivity contribution in [2.45, 2.75) is 59.5 Å². The normalized spacial score (nSPS) is 11.8. The Morgan fingerprint density at radius 2 is 1.90 bits per heavy atom. The highest BCUT2D eigenvalue weighted by atomic mass is 16.5. The smallest absolute Gasteiger partial charge is 0.221 e. The maximum absolute atomic E-state index is 5.88. The summed E-state index contributed by atoms with van der Waals surface area (Å²) in [5.74, 6) is 2.59. The van der Waals surface area contributed by atoms with Crippen molar-refractivity contribution >= 4 is 5.82 Å². The van der Waals surface area contributed by atoms with Gasteiger partial charge in [-0.1, -0.05) is 13.8 Å². The van der Waals surface area contributed by atoms with E-state index in [0.717, 1.165) is 30.2 Å². The van der Waals surface area contributed by atoms with Gasteiger partial charge in [0.15, 0.2) is 0 Å². The molecule has 120 valence electrons. The Balaban J connectivity index is 2.89. The third-order valence-corrected chi connectivity index (χ3v) is 3.47. The fourth-order valence-corrected chi connectivity index (χ4v) is 1.75. The average Bonchev–Trinajstić information content (AvgIpc) is 2.42. The SMILES string of the molecule is CCNc1nc(C(C)C)nc(OCCC(C)(C)OC)c1C. The zero-order valence-electron chi connectivity index (χ0n) is 14.4. The summed E-state index contributed by atoms with van der Waals surface area (Å²) < 4.78 is 11.3. The Morgan fingerprint density at radius 3 is 2.43 bits per heavy atom. The second-order valence-electron chi connectivity index (χ2n) is 6.11. The number of hydrogen-bond donors (Lipinski definition) is 1. The van der Waals surface area contributed by atoms with Gasteiger partial charge in [-0.05, 0) is 27.7 Å². The summed E-state index contributed by atoms with van der Waals surface area (Å²) in [6.07, 6.45) is 0.806. The number of hydrogen-bond acceptors (Lipinski definition) is 5. The molecule has 1 aromatic heterocycles. The van der Waals surface area contributed by atoms with Crippen LogP contribution in [0.2, 0.25) is 0 Å². The average molecular weight is 295 g/mol. The number of rotatable bonds is 8. The molecule has 0 spiro atoms. The topological polar surface area (TPSA) is 56.3 Å². The molecule has 0 fully saturated rings. The summed E-state index contributed by atoms with van der Waals surface area (Å²) in [6.45, 7) is 13.7. The first kappa shape index (κ1) is 17.7. The molecule has 0 aliphatic carbocycles. The predicted molar refractivity (Wildman–Crippen MR) is 86.2 cm³/mol. The molecule has 5 nitrogen and oxygen atoms in total. The van der Waals surface area contributed by atoms with Gasteiger partial charge < -0.3 is 14.8 Å². The van der Waals surface area contributed by atoms with Crippen molar-refractivity contribution < 1.29 is 9.47 Å². The van der Waals surface area contributed by atoms with Gasteiger partial charge in [0, 0.05) is 26.0 Å². The van der Waals surface area contributed by atoms with Crippen molar-refractivity contribution in [1.82, 2.24) is 9.97 Å². The molecule has 0 saturated carbocycles. The van der Waals surface area contributed by atoms with E-state index >= 15 is 0 Å². The zero-order valence-corrected chi connectivity index (χ0v) is 14.4. The molecule has 1 aromatic rings. The molecule has 0 aromatic carbocycles. The van der Waals surface area contributed by atoms with E-state index < -0.39 is 0 Å². The zero-order chi connectivity index (χ0) is 16.0. The quantitative estimate of drug-likeness (QED) is 0.795.